The Labute approximate surface area is 78.0 Å². The molecule has 0 saturated heterocycles. The van der Waals surface area contributed by atoms with E-state index in [1.165, 1.54) is 0 Å². The van der Waals surface area contributed by atoms with Crippen LogP contribution in [0.25, 0.3) is 0 Å². The summed E-state index contributed by atoms with van der Waals surface area (Å²) in [6.45, 7) is 4.00. The number of carbonyl (C=O) groups excluding carboxylic acids is 1. The van der Waals surface area contributed by atoms with Crippen LogP contribution in [0.15, 0.2) is 12.5 Å². The first kappa shape index (κ1) is 9.77. The van der Waals surface area contributed by atoms with Gasteiger partial charge in [-0.1, -0.05) is 6.92 Å². The fourth-order valence-corrected chi connectivity index (χ4v) is 0.930. The largest absolute Gasteiger partial charge is 0.348 e. The van der Waals surface area contributed by atoms with Gasteiger partial charge >= 0.3 is 0 Å². The Morgan fingerprint density at radius 2 is 2.46 bits per heavy atom. The van der Waals surface area contributed by atoms with Gasteiger partial charge in [0.05, 0.1) is 6.33 Å². The number of amides is 1. The standard InChI is InChI=1S/C9H15N3O/c1-4-7(2)11-9(13)8-5-12(3)6-10-8/h5-7H,4H2,1-3H3,(H,11,13). The van der Waals surface area contributed by atoms with Crippen molar-refractivity contribution in [2.24, 2.45) is 7.05 Å². The normalized spacial score (nSPS) is 12.5. The molecule has 0 fully saturated rings. The van der Waals surface area contributed by atoms with Crippen molar-refractivity contribution in [2.45, 2.75) is 26.3 Å². The third kappa shape index (κ3) is 2.57. The van der Waals surface area contributed by atoms with Crippen LogP contribution in [0.3, 0.4) is 0 Å². The zero-order chi connectivity index (χ0) is 9.84. The van der Waals surface area contributed by atoms with Gasteiger partial charge in [-0.25, -0.2) is 4.98 Å². The minimum Gasteiger partial charge on any atom is -0.348 e. The molecule has 0 aliphatic rings. The minimum atomic E-state index is -0.102. The SMILES string of the molecule is CCC(C)NC(=O)c1cn(C)cn1. The molecule has 4 heteroatoms. The predicted octanol–water partition coefficient (Wildman–Crippen LogP) is 0.948. The highest BCUT2D eigenvalue weighted by Gasteiger charge is 2.09. The van der Waals surface area contributed by atoms with Crippen LogP contribution in [0.1, 0.15) is 30.8 Å². The summed E-state index contributed by atoms with van der Waals surface area (Å²) in [5.74, 6) is -0.102. The second kappa shape index (κ2) is 4.07. The quantitative estimate of drug-likeness (QED) is 0.754. The zero-order valence-corrected chi connectivity index (χ0v) is 8.24. The molecule has 0 aliphatic heterocycles. The second-order valence-corrected chi connectivity index (χ2v) is 3.21. The summed E-state index contributed by atoms with van der Waals surface area (Å²) in [6.07, 6.45) is 4.25. The van der Waals surface area contributed by atoms with Crippen molar-refractivity contribution in [2.75, 3.05) is 0 Å². The number of imidazole rings is 1. The van der Waals surface area contributed by atoms with Gasteiger partial charge in [0.1, 0.15) is 5.69 Å². The fraction of sp³-hybridized carbons (Fsp3) is 0.556. The maximum absolute atomic E-state index is 11.4. The van der Waals surface area contributed by atoms with E-state index in [0.717, 1.165) is 6.42 Å². The summed E-state index contributed by atoms with van der Waals surface area (Å²) in [7, 11) is 1.84. The number of hydrogen-bond acceptors (Lipinski definition) is 2. The third-order valence-electron chi connectivity index (χ3n) is 1.93. The zero-order valence-electron chi connectivity index (χ0n) is 8.24. The highest BCUT2D eigenvalue weighted by molar-refractivity contribution is 5.92. The first-order chi connectivity index (χ1) is 6.13. The number of rotatable bonds is 3. The molecule has 13 heavy (non-hydrogen) atoms. The van der Waals surface area contributed by atoms with Crippen LogP contribution >= 0.6 is 0 Å². The predicted molar refractivity (Wildman–Crippen MR) is 50.4 cm³/mol. The van der Waals surface area contributed by atoms with Gasteiger partial charge in [-0.05, 0) is 13.3 Å². The van der Waals surface area contributed by atoms with E-state index >= 15 is 0 Å². The van der Waals surface area contributed by atoms with Crippen molar-refractivity contribution < 1.29 is 4.79 Å². The molecule has 0 radical (unpaired) electrons. The van der Waals surface area contributed by atoms with Crippen LogP contribution in [-0.4, -0.2) is 21.5 Å². The molecule has 1 unspecified atom stereocenters. The van der Waals surface area contributed by atoms with Crippen LogP contribution in [0.2, 0.25) is 0 Å². The Morgan fingerprint density at radius 1 is 1.77 bits per heavy atom. The average Bonchev–Trinajstić information content (AvgIpc) is 2.51. The van der Waals surface area contributed by atoms with Gasteiger partial charge in [-0.2, -0.15) is 0 Å². The highest BCUT2D eigenvalue weighted by Crippen LogP contribution is 1.96. The summed E-state index contributed by atoms with van der Waals surface area (Å²) in [5, 5.41) is 2.84. The summed E-state index contributed by atoms with van der Waals surface area (Å²) in [6, 6.07) is 0.203. The first-order valence-corrected chi connectivity index (χ1v) is 4.42. The van der Waals surface area contributed by atoms with Crippen LogP contribution in [0.5, 0.6) is 0 Å². The molecule has 1 rings (SSSR count). The summed E-state index contributed by atoms with van der Waals surface area (Å²) < 4.78 is 1.76. The molecule has 0 spiro atoms. The Kier molecular flexibility index (Phi) is 3.06. The molecule has 1 amide bonds. The smallest absolute Gasteiger partial charge is 0.271 e. The first-order valence-electron chi connectivity index (χ1n) is 4.42. The Morgan fingerprint density at radius 3 is 2.92 bits per heavy atom. The van der Waals surface area contributed by atoms with Crippen LogP contribution in [0.4, 0.5) is 0 Å². The maximum atomic E-state index is 11.4. The monoisotopic (exact) mass is 181 g/mol. The van der Waals surface area contributed by atoms with Gasteiger partial charge < -0.3 is 9.88 Å². The molecular weight excluding hydrogens is 166 g/mol. The lowest BCUT2D eigenvalue weighted by atomic mass is 10.2. The van der Waals surface area contributed by atoms with Crippen molar-refractivity contribution in [3.8, 4) is 0 Å². The number of aryl methyl sites for hydroxylation is 1. The van der Waals surface area contributed by atoms with E-state index in [1.807, 2.05) is 20.9 Å². The Hall–Kier alpha value is -1.32. The highest BCUT2D eigenvalue weighted by atomic mass is 16.1. The summed E-state index contributed by atoms with van der Waals surface area (Å²) >= 11 is 0. The number of nitrogens with zero attached hydrogens (tertiary/aromatic N) is 2. The van der Waals surface area contributed by atoms with Crippen molar-refractivity contribution in [3.05, 3.63) is 18.2 Å². The van der Waals surface area contributed by atoms with Crippen molar-refractivity contribution in [1.82, 2.24) is 14.9 Å². The fourth-order valence-electron chi connectivity index (χ4n) is 0.930. The molecule has 0 aromatic carbocycles. The number of carbonyl (C=O) groups is 1. The third-order valence-corrected chi connectivity index (χ3v) is 1.93. The maximum Gasteiger partial charge on any atom is 0.271 e. The second-order valence-electron chi connectivity index (χ2n) is 3.21. The molecule has 72 valence electrons. The Bertz CT molecular complexity index is 293. The van der Waals surface area contributed by atoms with Crippen molar-refractivity contribution >= 4 is 5.91 Å². The molecule has 1 heterocycles. The van der Waals surface area contributed by atoms with E-state index in [4.69, 9.17) is 0 Å². The Balaban J connectivity index is 2.58. The molecule has 4 nitrogen and oxygen atoms in total. The lowest BCUT2D eigenvalue weighted by Gasteiger charge is -2.09. The molecule has 1 aromatic heterocycles. The number of aromatic nitrogens is 2. The summed E-state index contributed by atoms with van der Waals surface area (Å²) in [4.78, 5) is 15.4. The number of nitrogens with one attached hydrogen (secondary N) is 1. The average molecular weight is 181 g/mol. The lowest BCUT2D eigenvalue weighted by Crippen LogP contribution is -2.32. The molecule has 1 N–H and O–H groups in total. The van der Waals surface area contributed by atoms with Crippen LogP contribution in [0, 0.1) is 0 Å². The van der Waals surface area contributed by atoms with Crippen molar-refractivity contribution in [1.29, 1.82) is 0 Å². The number of hydrogen-bond donors (Lipinski definition) is 1. The molecular formula is C9H15N3O. The molecule has 0 aliphatic carbocycles. The molecule has 0 saturated carbocycles. The van der Waals surface area contributed by atoms with E-state index in [2.05, 4.69) is 10.3 Å². The van der Waals surface area contributed by atoms with Gasteiger partial charge in [0.2, 0.25) is 0 Å². The van der Waals surface area contributed by atoms with Gasteiger partial charge in [-0.15, -0.1) is 0 Å². The van der Waals surface area contributed by atoms with E-state index in [0.29, 0.717) is 5.69 Å². The van der Waals surface area contributed by atoms with E-state index in [9.17, 15) is 4.79 Å². The van der Waals surface area contributed by atoms with E-state index in [-0.39, 0.29) is 11.9 Å². The molecule has 1 atom stereocenters. The minimum absolute atomic E-state index is 0.102. The van der Waals surface area contributed by atoms with Crippen LogP contribution < -0.4 is 5.32 Å². The summed E-state index contributed by atoms with van der Waals surface area (Å²) in [5.41, 5.74) is 0.475. The van der Waals surface area contributed by atoms with E-state index in [1.54, 1.807) is 17.1 Å². The van der Waals surface area contributed by atoms with Crippen molar-refractivity contribution in [3.63, 3.8) is 0 Å². The van der Waals surface area contributed by atoms with Gasteiger partial charge in [0.15, 0.2) is 0 Å². The molecule has 0 bridgehead atoms. The van der Waals surface area contributed by atoms with Crippen LogP contribution in [-0.2, 0) is 7.05 Å². The molecule has 1 aromatic rings. The van der Waals surface area contributed by atoms with Gasteiger partial charge in [-0.3, -0.25) is 4.79 Å². The van der Waals surface area contributed by atoms with Gasteiger partial charge in [0.25, 0.3) is 5.91 Å². The topological polar surface area (TPSA) is 46.9 Å². The van der Waals surface area contributed by atoms with E-state index < -0.39 is 0 Å². The van der Waals surface area contributed by atoms with Gasteiger partial charge in [0, 0.05) is 19.3 Å². The lowest BCUT2D eigenvalue weighted by molar-refractivity contribution is 0.0934.